The molecule has 0 atom stereocenters. The molecule has 0 aliphatic heterocycles. The number of hydrogen-bond donors (Lipinski definition) is 0. The van der Waals surface area contributed by atoms with E-state index in [0.29, 0.717) is 0 Å². The minimum Gasteiger partial charge on any atom is 2.00 e. The van der Waals surface area contributed by atoms with Crippen molar-refractivity contribution >= 4 is 142 Å². The molecule has 0 aromatic rings. The van der Waals surface area contributed by atoms with Gasteiger partial charge in [-0.05, 0) is 0 Å². The Morgan fingerprint density at radius 2 is 0.412 bits per heavy atom. The van der Waals surface area contributed by atoms with Crippen LogP contribution in [-0.4, -0.2) is 213 Å². The Morgan fingerprint density at radius 3 is 0.412 bits per heavy atom. The Labute approximate surface area is 298 Å². The molecule has 0 fully saturated rings. The van der Waals surface area contributed by atoms with E-state index < -0.39 is 0 Å². The second kappa shape index (κ2) is 36.9. The molecule has 0 aromatic heterocycles. The Hall–Kier alpha value is 3.87. The molecule has 14 heteroatoms. The molecule has 0 amide bonds. The van der Waals surface area contributed by atoms with E-state index in [1.165, 1.54) is 0 Å². The topological polar surface area (TPSA) is 12.0 Å². The fourth-order valence-corrected chi connectivity index (χ4v) is 6.26. The van der Waals surface area contributed by atoms with Crippen molar-refractivity contribution in [1.82, 2.24) is 0 Å². The Balaban J connectivity index is -0.0000000754. The van der Waals surface area contributed by atoms with Gasteiger partial charge in [0.2, 0.25) is 0 Å². The van der Waals surface area contributed by atoms with Crippen molar-refractivity contribution in [3.05, 3.63) is 0 Å². The van der Waals surface area contributed by atoms with Crippen molar-refractivity contribution in [3.63, 3.8) is 0 Å². The molecular formula is C20H40Cu2N4Se8. The maximum atomic E-state index is 2.93. The van der Waals surface area contributed by atoms with E-state index in [-0.39, 0.29) is 34.1 Å². The summed E-state index contributed by atoms with van der Waals surface area (Å²) < 4.78 is 13.5. The molecule has 0 heterocycles. The Bertz CT molecular complexity index is 469. The summed E-state index contributed by atoms with van der Waals surface area (Å²) in [7, 11) is 0. The molecule has 0 unspecified atom stereocenters. The van der Waals surface area contributed by atoms with Crippen molar-refractivity contribution in [2.75, 3.05) is 52.4 Å². The largest absolute Gasteiger partial charge is 2.00 e. The van der Waals surface area contributed by atoms with Gasteiger partial charge in [-0.3, -0.25) is 0 Å². The van der Waals surface area contributed by atoms with Crippen molar-refractivity contribution in [1.29, 1.82) is 0 Å². The van der Waals surface area contributed by atoms with Gasteiger partial charge in [-0.2, -0.15) is 0 Å². The van der Waals surface area contributed by atoms with E-state index in [4.69, 9.17) is 0 Å². The van der Waals surface area contributed by atoms with E-state index in [1.807, 2.05) is 0 Å². The van der Waals surface area contributed by atoms with Gasteiger partial charge in [0, 0.05) is 0 Å². The fourth-order valence-electron chi connectivity index (χ4n) is 1.93. The summed E-state index contributed by atoms with van der Waals surface area (Å²) in [4.78, 5) is 0. The van der Waals surface area contributed by atoms with E-state index in [0.717, 1.165) is 66.4 Å². The van der Waals surface area contributed by atoms with E-state index in [1.54, 1.807) is 0 Å². The van der Waals surface area contributed by atoms with Crippen LogP contribution in [0.3, 0.4) is 0 Å². The van der Waals surface area contributed by atoms with Gasteiger partial charge in [0.15, 0.2) is 0 Å². The average molecular weight is 1100 g/mol. The van der Waals surface area contributed by atoms with Crippen LogP contribution in [0.25, 0.3) is 0 Å². The summed E-state index contributed by atoms with van der Waals surface area (Å²) in [5, 5.41) is 0. The quantitative estimate of drug-likeness (QED) is 0.167. The SMILES string of the molecule is CC[N+](CC)=C([Se-])[Se-].CC[N+](CC)=C([Se-])[Se-].CC[N+](CC)=C([Se-])[Se-].CC[N+](CC)=C([Se-])[Se-].[Cu+2].[Cu+2]. The summed E-state index contributed by atoms with van der Waals surface area (Å²) in [6.45, 7) is 25.7. The van der Waals surface area contributed by atoms with Gasteiger partial charge in [-0.25, -0.2) is 0 Å². The zero-order chi connectivity index (χ0) is 26.3. The molecule has 0 aromatic carbocycles. The third kappa shape index (κ3) is 33.9. The van der Waals surface area contributed by atoms with Gasteiger partial charge in [-0.1, -0.05) is 0 Å². The van der Waals surface area contributed by atoms with Gasteiger partial charge >= 0.3 is 302 Å². The van der Waals surface area contributed by atoms with Crippen LogP contribution in [0.15, 0.2) is 0 Å². The van der Waals surface area contributed by atoms with Crippen LogP contribution >= 0.6 is 0 Å². The minimum atomic E-state index is 0. The third-order valence-corrected chi connectivity index (χ3v) is 8.42. The first-order valence-electron chi connectivity index (χ1n) is 10.7. The molecule has 0 bridgehead atoms. The number of nitrogens with zero attached hydrogens (tertiary/aromatic N) is 4. The normalized spacial score (nSPS) is 8.24. The van der Waals surface area contributed by atoms with Crippen molar-refractivity contribution in [2.45, 2.75) is 55.4 Å². The van der Waals surface area contributed by atoms with E-state index >= 15 is 0 Å². The van der Waals surface area contributed by atoms with Crippen LogP contribution in [0.4, 0.5) is 0 Å². The van der Waals surface area contributed by atoms with Crippen LogP contribution in [0.2, 0.25) is 0 Å². The molecule has 0 N–H and O–H groups in total. The molecule has 0 saturated heterocycles. The van der Waals surface area contributed by atoms with Gasteiger partial charge < -0.3 is 0 Å². The van der Waals surface area contributed by atoms with Crippen LogP contribution in [0.5, 0.6) is 0 Å². The maximum absolute atomic E-state index is 2.93. The molecule has 2 radical (unpaired) electrons. The monoisotopic (exact) mass is 1100 g/mol. The summed E-state index contributed by atoms with van der Waals surface area (Å²) in [6, 6.07) is 0. The van der Waals surface area contributed by atoms with Crippen molar-refractivity contribution < 1.29 is 52.4 Å². The molecule has 4 nitrogen and oxygen atoms in total. The smallest absolute Gasteiger partial charge is 2.00 e. The van der Waals surface area contributed by atoms with E-state index in [2.05, 4.69) is 202 Å². The third-order valence-electron chi connectivity index (χ3n) is 4.09. The molecule has 0 aliphatic carbocycles. The predicted molar refractivity (Wildman–Crippen MR) is 151 cm³/mol. The number of rotatable bonds is 8. The van der Waals surface area contributed by atoms with Gasteiger partial charge in [-0.15, -0.1) is 0 Å². The molecule has 0 saturated carbocycles. The summed E-state index contributed by atoms with van der Waals surface area (Å²) in [6.07, 6.45) is 0. The molecular weight excluding hydrogens is 1060 g/mol. The second-order valence-electron chi connectivity index (χ2n) is 5.75. The first-order valence-corrected chi connectivity index (χ1v) is 17.6. The van der Waals surface area contributed by atoms with Crippen molar-refractivity contribution in [3.8, 4) is 0 Å². The molecule has 0 aliphatic rings. The zero-order valence-electron chi connectivity index (χ0n) is 21.3. The van der Waals surface area contributed by atoms with Crippen LogP contribution in [0.1, 0.15) is 55.4 Å². The summed E-state index contributed by atoms with van der Waals surface area (Å²) in [5.74, 6) is 0. The van der Waals surface area contributed by atoms with Gasteiger partial charge in [0.05, 0.1) is 0 Å². The standard InChI is InChI=1S/4C5H11NSe2.2Cu/c4*1-3-6(4-2)5(7)8;;/h4*3-4H2,1-2H3,(H,7,8);;/q;;;;2*+2/p-4. The predicted octanol–water partition coefficient (Wildman–Crippen LogP) is -1.08. The van der Waals surface area contributed by atoms with Crippen LogP contribution in [-0.2, 0) is 34.1 Å². The summed E-state index contributed by atoms with van der Waals surface area (Å²) in [5.41, 5.74) is 0. The minimum absolute atomic E-state index is 0. The fraction of sp³-hybridized carbons (Fsp3) is 0.800. The second-order valence-corrected chi connectivity index (χ2v) is 17.5. The Kier molecular flexibility index (Phi) is 55.0. The van der Waals surface area contributed by atoms with Gasteiger partial charge in [0.1, 0.15) is 0 Å². The molecule has 0 spiro atoms. The number of hydrogen-bond acceptors (Lipinski definition) is 0. The van der Waals surface area contributed by atoms with E-state index in [9.17, 15) is 0 Å². The first kappa shape index (κ1) is 50.7. The molecule has 0 rings (SSSR count). The molecule has 210 valence electrons. The zero-order valence-corrected chi connectivity index (χ0v) is 36.9. The Morgan fingerprint density at radius 1 is 0.324 bits per heavy atom. The van der Waals surface area contributed by atoms with Gasteiger partial charge in [0.25, 0.3) is 0 Å². The summed E-state index contributed by atoms with van der Waals surface area (Å²) >= 11 is 23.4. The average Bonchev–Trinajstić information content (AvgIpc) is 2.72. The van der Waals surface area contributed by atoms with Crippen LogP contribution < -0.4 is 0 Å². The van der Waals surface area contributed by atoms with Crippen molar-refractivity contribution in [2.24, 2.45) is 0 Å². The molecule has 34 heavy (non-hydrogen) atoms. The van der Waals surface area contributed by atoms with Crippen LogP contribution in [0, 0.1) is 0 Å². The maximum Gasteiger partial charge on any atom is 2.00 e. The first-order chi connectivity index (χ1) is 14.9.